The first kappa shape index (κ1) is 18.1. The van der Waals surface area contributed by atoms with Crippen molar-refractivity contribution in [3.8, 4) is 5.75 Å². The molecule has 0 aromatic heterocycles. The van der Waals surface area contributed by atoms with E-state index in [9.17, 15) is 9.59 Å². The standard InChI is InChI=1S/C18H26N2O4/c1-4-23-18(22)20-9-5-8-19(10-11-20)17(21)13-24-16-7-6-14(2)15(3)12-16/h6-7,12H,4-5,8-11,13H2,1-3H3. The van der Waals surface area contributed by atoms with Gasteiger partial charge in [0.25, 0.3) is 5.91 Å². The maximum atomic E-state index is 12.3. The predicted molar refractivity (Wildman–Crippen MR) is 91.2 cm³/mol. The highest BCUT2D eigenvalue weighted by Crippen LogP contribution is 2.16. The summed E-state index contributed by atoms with van der Waals surface area (Å²) in [5, 5.41) is 0. The monoisotopic (exact) mass is 334 g/mol. The number of aryl methyl sites for hydroxylation is 2. The number of rotatable bonds is 4. The van der Waals surface area contributed by atoms with E-state index in [2.05, 4.69) is 0 Å². The average molecular weight is 334 g/mol. The summed E-state index contributed by atoms with van der Waals surface area (Å²) >= 11 is 0. The summed E-state index contributed by atoms with van der Waals surface area (Å²) in [6, 6.07) is 5.80. The number of hydrogen-bond acceptors (Lipinski definition) is 4. The summed E-state index contributed by atoms with van der Waals surface area (Å²) in [5.74, 6) is 0.647. The van der Waals surface area contributed by atoms with Crippen molar-refractivity contribution in [2.75, 3.05) is 39.4 Å². The SMILES string of the molecule is CCOC(=O)N1CCCN(C(=O)COc2ccc(C)c(C)c2)CC1. The number of carbonyl (C=O) groups excluding carboxylic acids is 2. The first-order valence-corrected chi connectivity index (χ1v) is 8.40. The molecule has 2 rings (SSSR count). The number of carbonyl (C=O) groups is 2. The molecular formula is C18H26N2O4. The lowest BCUT2D eigenvalue weighted by molar-refractivity contribution is -0.133. The maximum Gasteiger partial charge on any atom is 0.409 e. The highest BCUT2D eigenvalue weighted by molar-refractivity contribution is 5.78. The quantitative estimate of drug-likeness (QED) is 0.848. The van der Waals surface area contributed by atoms with Gasteiger partial charge in [-0.3, -0.25) is 4.79 Å². The molecule has 1 saturated heterocycles. The molecule has 1 heterocycles. The second kappa shape index (κ2) is 8.57. The van der Waals surface area contributed by atoms with Crippen LogP contribution in [0.2, 0.25) is 0 Å². The summed E-state index contributed by atoms with van der Waals surface area (Å²) < 4.78 is 10.6. The van der Waals surface area contributed by atoms with E-state index < -0.39 is 0 Å². The van der Waals surface area contributed by atoms with Crippen LogP contribution in [0.25, 0.3) is 0 Å². The van der Waals surface area contributed by atoms with Gasteiger partial charge in [0.15, 0.2) is 6.61 Å². The van der Waals surface area contributed by atoms with Crippen LogP contribution in [-0.2, 0) is 9.53 Å². The third-order valence-electron chi connectivity index (χ3n) is 4.22. The van der Waals surface area contributed by atoms with Gasteiger partial charge in [0.05, 0.1) is 6.61 Å². The van der Waals surface area contributed by atoms with Crippen LogP contribution in [0.1, 0.15) is 24.5 Å². The third-order valence-corrected chi connectivity index (χ3v) is 4.22. The Labute approximate surface area is 143 Å². The summed E-state index contributed by atoms with van der Waals surface area (Å²) in [4.78, 5) is 27.5. The summed E-state index contributed by atoms with van der Waals surface area (Å²) in [7, 11) is 0. The molecular weight excluding hydrogens is 308 g/mol. The van der Waals surface area contributed by atoms with Crippen molar-refractivity contribution in [3.05, 3.63) is 29.3 Å². The molecule has 132 valence electrons. The summed E-state index contributed by atoms with van der Waals surface area (Å²) in [5.41, 5.74) is 2.33. The Morgan fingerprint density at radius 3 is 2.46 bits per heavy atom. The van der Waals surface area contributed by atoms with Gasteiger partial charge in [-0.1, -0.05) is 6.07 Å². The van der Waals surface area contributed by atoms with Crippen LogP contribution in [0.3, 0.4) is 0 Å². The van der Waals surface area contributed by atoms with Crippen molar-refractivity contribution in [3.63, 3.8) is 0 Å². The third kappa shape index (κ3) is 4.88. The Hall–Kier alpha value is -2.24. The topological polar surface area (TPSA) is 59.1 Å². The minimum Gasteiger partial charge on any atom is -0.484 e. The fourth-order valence-electron chi connectivity index (χ4n) is 2.60. The molecule has 2 amide bonds. The van der Waals surface area contributed by atoms with E-state index in [0.29, 0.717) is 38.5 Å². The minimum absolute atomic E-state index is 0.0158. The number of hydrogen-bond donors (Lipinski definition) is 0. The molecule has 0 radical (unpaired) electrons. The normalized spacial score (nSPS) is 15.0. The average Bonchev–Trinajstić information content (AvgIpc) is 2.82. The van der Waals surface area contributed by atoms with Crippen molar-refractivity contribution in [1.82, 2.24) is 9.80 Å². The van der Waals surface area contributed by atoms with Gasteiger partial charge in [-0.15, -0.1) is 0 Å². The van der Waals surface area contributed by atoms with E-state index in [1.807, 2.05) is 32.0 Å². The number of benzene rings is 1. The van der Waals surface area contributed by atoms with Gasteiger partial charge < -0.3 is 19.3 Å². The molecule has 0 unspecified atom stereocenters. The van der Waals surface area contributed by atoms with Gasteiger partial charge in [-0.05, 0) is 50.5 Å². The van der Waals surface area contributed by atoms with Crippen molar-refractivity contribution in [1.29, 1.82) is 0 Å². The second-order valence-electron chi connectivity index (χ2n) is 5.96. The van der Waals surface area contributed by atoms with E-state index in [0.717, 1.165) is 12.0 Å². The number of nitrogens with zero attached hydrogens (tertiary/aromatic N) is 2. The lowest BCUT2D eigenvalue weighted by Crippen LogP contribution is -2.39. The van der Waals surface area contributed by atoms with Crippen molar-refractivity contribution in [2.24, 2.45) is 0 Å². The molecule has 0 N–H and O–H groups in total. The molecule has 1 aliphatic rings. The van der Waals surface area contributed by atoms with E-state index in [-0.39, 0.29) is 18.6 Å². The molecule has 6 heteroatoms. The molecule has 1 aromatic rings. The smallest absolute Gasteiger partial charge is 0.409 e. The van der Waals surface area contributed by atoms with Crippen LogP contribution in [0.5, 0.6) is 5.75 Å². The molecule has 0 spiro atoms. The van der Waals surface area contributed by atoms with E-state index in [1.165, 1.54) is 5.56 Å². The van der Waals surface area contributed by atoms with Crippen molar-refractivity contribution >= 4 is 12.0 Å². The molecule has 1 fully saturated rings. The predicted octanol–water partition coefficient (Wildman–Crippen LogP) is 2.37. The Bertz CT molecular complexity index is 588. The first-order valence-electron chi connectivity index (χ1n) is 8.40. The fourth-order valence-corrected chi connectivity index (χ4v) is 2.60. The molecule has 0 saturated carbocycles. The van der Waals surface area contributed by atoms with Gasteiger partial charge in [-0.25, -0.2) is 4.79 Å². The molecule has 1 aliphatic heterocycles. The van der Waals surface area contributed by atoms with Gasteiger partial charge in [0.2, 0.25) is 0 Å². The molecule has 0 atom stereocenters. The largest absolute Gasteiger partial charge is 0.484 e. The molecule has 6 nitrogen and oxygen atoms in total. The lowest BCUT2D eigenvalue weighted by atomic mass is 10.1. The van der Waals surface area contributed by atoms with E-state index in [4.69, 9.17) is 9.47 Å². The highest BCUT2D eigenvalue weighted by Gasteiger charge is 2.22. The van der Waals surface area contributed by atoms with Crippen LogP contribution in [0.4, 0.5) is 4.79 Å². The zero-order valence-electron chi connectivity index (χ0n) is 14.7. The van der Waals surface area contributed by atoms with Crippen molar-refractivity contribution < 1.29 is 19.1 Å². The van der Waals surface area contributed by atoms with Gasteiger partial charge >= 0.3 is 6.09 Å². The van der Waals surface area contributed by atoms with Crippen LogP contribution in [-0.4, -0.2) is 61.2 Å². The lowest BCUT2D eigenvalue weighted by Gasteiger charge is -2.21. The zero-order chi connectivity index (χ0) is 17.5. The first-order chi connectivity index (χ1) is 11.5. The summed E-state index contributed by atoms with van der Waals surface area (Å²) in [6.45, 7) is 8.47. The highest BCUT2D eigenvalue weighted by atomic mass is 16.6. The maximum absolute atomic E-state index is 12.3. The zero-order valence-corrected chi connectivity index (χ0v) is 14.7. The summed E-state index contributed by atoms with van der Waals surface area (Å²) in [6.07, 6.45) is 0.437. The van der Waals surface area contributed by atoms with E-state index >= 15 is 0 Å². The van der Waals surface area contributed by atoms with Crippen LogP contribution >= 0.6 is 0 Å². The number of amides is 2. The number of ether oxygens (including phenoxy) is 2. The van der Waals surface area contributed by atoms with Crippen LogP contribution in [0.15, 0.2) is 18.2 Å². The molecule has 24 heavy (non-hydrogen) atoms. The van der Waals surface area contributed by atoms with Gasteiger partial charge in [0, 0.05) is 26.2 Å². The Morgan fingerprint density at radius 2 is 1.75 bits per heavy atom. The second-order valence-corrected chi connectivity index (χ2v) is 5.96. The van der Waals surface area contributed by atoms with Gasteiger partial charge in [-0.2, -0.15) is 0 Å². The molecule has 0 aliphatic carbocycles. The van der Waals surface area contributed by atoms with Crippen LogP contribution < -0.4 is 4.74 Å². The van der Waals surface area contributed by atoms with Crippen LogP contribution in [0, 0.1) is 13.8 Å². The van der Waals surface area contributed by atoms with Crippen molar-refractivity contribution in [2.45, 2.75) is 27.2 Å². The Balaban J connectivity index is 1.84. The Kier molecular flexibility index (Phi) is 6.46. The molecule has 1 aromatic carbocycles. The fraction of sp³-hybridized carbons (Fsp3) is 0.556. The van der Waals surface area contributed by atoms with Gasteiger partial charge in [0.1, 0.15) is 5.75 Å². The van der Waals surface area contributed by atoms with E-state index in [1.54, 1.807) is 16.7 Å². The Morgan fingerprint density at radius 1 is 1.04 bits per heavy atom. The molecule has 0 bridgehead atoms. The minimum atomic E-state index is -0.307.